The molecule has 3 rings (SSSR count). The number of aromatic nitrogens is 3. The number of carbonyl (C=O) groups is 2. The van der Waals surface area contributed by atoms with Crippen molar-refractivity contribution in [2.75, 3.05) is 10.6 Å². The first kappa shape index (κ1) is 15.3. The first-order valence-corrected chi connectivity index (χ1v) is 7.11. The lowest BCUT2D eigenvalue weighted by molar-refractivity contribution is 0.101. The van der Waals surface area contributed by atoms with Gasteiger partial charge in [0.05, 0.1) is 5.56 Å². The summed E-state index contributed by atoms with van der Waals surface area (Å²) in [6.45, 7) is 0. The third-order valence-electron chi connectivity index (χ3n) is 3.13. The van der Waals surface area contributed by atoms with Crippen molar-refractivity contribution in [1.29, 1.82) is 0 Å². The lowest BCUT2D eigenvalue weighted by Crippen LogP contribution is -2.16. The Morgan fingerprint density at radius 3 is 1.75 bits per heavy atom. The van der Waals surface area contributed by atoms with E-state index in [1.807, 2.05) is 0 Å². The summed E-state index contributed by atoms with van der Waals surface area (Å²) in [5.41, 5.74) is 1.82. The van der Waals surface area contributed by atoms with Crippen molar-refractivity contribution in [2.45, 2.75) is 0 Å². The van der Waals surface area contributed by atoms with Gasteiger partial charge >= 0.3 is 0 Å². The minimum Gasteiger partial charge on any atom is -0.322 e. The lowest BCUT2D eigenvalue weighted by atomic mass is 10.2. The largest absolute Gasteiger partial charge is 0.322 e. The highest BCUT2D eigenvalue weighted by molar-refractivity contribution is 6.05. The van der Waals surface area contributed by atoms with Gasteiger partial charge < -0.3 is 10.6 Å². The smallest absolute Gasteiger partial charge is 0.274 e. The Bertz CT molecular complexity index is 763. The van der Waals surface area contributed by atoms with Crippen molar-refractivity contribution in [3.05, 3.63) is 78.6 Å². The second-order valence-electron chi connectivity index (χ2n) is 4.81. The molecule has 0 fully saturated rings. The Labute approximate surface area is 137 Å². The van der Waals surface area contributed by atoms with Gasteiger partial charge in [-0.15, -0.1) is 0 Å². The Hall–Kier alpha value is -3.61. The van der Waals surface area contributed by atoms with Crippen molar-refractivity contribution in [3.63, 3.8) is 0 Å². The summed E-state index contributed by atoms with van der Waals surface area (Å²) in [6.07, 6.45) is 7.68. The number of hydrogen-bond acceptors (Lipinski definition) is 5. The van der Waals surface area contributed by atoms with Crippen LogP contribution >= 0.6 is 0 Å². The van der Waals surface area contributed by atoms with Crippen molar-refractivity contribution in [3.8, 4) is 0 Å². The lowest BCUT2D eigenvalue weighted by Gasteiger charge is -2.06. The topological polar surface area (TPSA) is 96.9 Å². The Morgan fingerprint density at radius 2 is 1.25 bits per heavy atom. The summed E-state index contributed by atoms with van der Waals surface area (Å²) in [6, 6.07) is 9.76. The number of carbonyl (C=O) groups excluding carboxylic acids is 2. The number of pyridine rings is 3. The van der Waals surface area contributed by atoms with Crippen LogP contribution in [0.2, 0.25) is 0 Å². The highest BCUT2D eigenvalue weighted by Gasteiger charge is 2.11. The predicted molar refractivity (Wildman–Crippen MR) is 88.6 cm³/mol. The molecule has 7 nitrogen and oxygen atoms in total. The molecule has 118 valence electrons. The molecule has 0 radical (unpaired) electrons. The molecule has 0 saturated heterocycles. The molecular weight excluding hydrogens is 306 g/mol. The Balaban J connectivity index is 1.66. The zero-order chi connectivity index (χ0) is 16.8. The zero-order valence-corrected chi connectivity index (χ0v) is 12.5. The maximum Gasteiger partial charge on any atom is 0.274 e. The number of nitrogens with zero attached hydrogens (tertiary/aromatic N) is 3. The van der Waals surface area contributed by atoms with Crippen molar-refractivity contribution in [2.24, 2.45) is 0 Å². The van der Waals surface area contributed by atoms with Gasteiger partial charge in [0, 0.05) is 42.4 Å². The van der Waals surface area contributed by atoms with E-state index in [1.54, 1.807) is 55.1 Å². The minimum atomic E-state index is -0.359. The molecule has 2 N–H and O–H groups in total. The summed E-state index contributed by atoms with van der Waals surface area (Å²) in [4.78, 5) is 36.0. The molecule has 3 aromatic rings. The number of anilines is 2. The van der Waals surface area contributed by atoms with Gasteiger partial charge in [0.2, 0.25) is 0 Å². The Kier molecular flexibility index (Phi) is 4.52. The second-order valence-corrected chi connectivity index (χ2v) is 4.81. The fourth-order valence-electron chi connectivity index (χ4n) is 1.93. The summed E-state index contributed by atoms with van der Waals surface area (Å²) < 4.78 is 0. The van der Waals surface area contributed by atoms with Gasteiger partial charge in [-0.25, -0.2) is 0 Å². The molecule has 7 heteroatoms. The molecule has 3 heterocycles. The van der Waals surface area contributed by atoms with E-state index in [2.05, 4.69) is 25.6 Å². The SMILES string of the molecule is O=C(Nc1ccncc1)c1ccc(C(=O)Nc2ccncc2)nc1. The summed E-state index contributed by atoms with van der Waals surface area (Å²) in [5.74, 6) is -0.669. The fraction of sp³-hybridized carbons (Fsp3) is 0. The Morgan fingerprint density at radius 1 is 0.708 bits per heavy atom. The van der Waals surface area contributed by atoms with Gasteiger partial charge in [-0.1, -0.05) is 0 Å². The van der Waals surface area contributed by atoms with Gasteiger partial charge in [0.1, 0.15) is 5.69 Å². The van der Waals surface area contributed by atoms with E-state index in [1.165, 1.54) is 12.3 Å². The van der Waals surface area contributed by atoms with E-state index in [4.69, 9.17) is 0 Å². The van der Waals surface area contributed by atoms with E-state index >= 15 is 0 Å². The average Bonchev–Trinajstić information content (AvgIpc) is 2.63. The van der Waals surface area contributed by atoms with E-state index in [-0.39, 0.29) is 17.5 Å². The minimum absolute atomic E-state index is 0.215. The third-order valence-corrected chi connectivity index (χ3v) is 3.13. The zero-order valence-electron chi connectivity index (χ0n) is 12.5. The molecule has 2 amide bonds. The summed E-state index contributed by atoms with van der Waals surface area (Å²) in [5, 5.41) is 5.42. The average molecular weight is 319 g/mol. The van der Waals surface area contributed by atoms with Crippen LogP contribution in [0.5, 0.6) is 0 Å². The molecule has 24 heavy (non-hydrogen) atoms. The molecular formula is C17H13N5O2. The summed E-state index contributed by atoms with van der Waals surface area (Å²) >= 11 is 0. The van der Waals surface area contributed by atoms with Crippen molar-refractivity contribution < 1.29 is 9.59 Å². The standard InChI is InChI=1S/C17H13N5O2/c23-16(21-13-3-7-18-8-4-13)12-1-2-15(20-11-12)17(24)22-14-5-9-19-10-6-14/h1-11H,(H,18,21,23)(H,19,22,24). The normalized spacial score (nSPS) is 10.0. The van der Waals surface area contributed by atoms with Crippen LogP contribution in [0.4, 0.5) is 11.4 Å². The first-order valence-electron chi connectivity index (χ1n) is 7.11. The molecule has 0 aliphatic carbocycles. The van der Waals surface area contributed by atoms with Crippen molar-refractivity contribution >= 4 is 23.2 Å². The van der Waals surface area contributed by atoms with Crippen LogP contribution in [-0.4, -0.2) is 26.8 Å². The molecule has 0 saturated carbocycles. The fourth-order valence-corrected chi connectivity index (χ4v) is 1.93. The highest BCUT2D eigenvalue weighted by atomic mass is 16.2. The molecule has 3 aromatic heterocycles. The van der Waals surface area contributed by atoms with Crippen LogP contribution in [0.15, 0.2) is 67.4 Å². The van der Waals surface area contributed by atoms with E-state index in [0.29, 0.717) is 16.9 Å². The molecule has 0 unspecified atom stereocenters. The first-order chi connectivity index (χ1) is 11.7. The molecule has 0 aliphatic heterocycles. The van der Waals surface area contributed by atoms with E-state index in [0.717, 1.165) is 0 Å². The van der Waals surface area contributed by atoms with Gasteiger partial charge in [0.15, 0.2) is 0 Å². The molecule has 0 atom stereocenters. The highest BCUT2D eigenvalue weighted by Crippen LogP contribution is 2.09. The van der Waals surface area contributed by atoms with E-state index < -0.39 is 0 Å². The van der Waals surface area contributed by atoms with Crippen LogP contribution < -0.4 is 10.6 Å². The number of rotatable bonds is 4. The monoisotopic (exact) mass is 319 g/mol. The van der Waals surface area contributed by atoms with Gasteiger partial charge in [-0.05, 0) is 36.4 Å². The van der Waals surface area contributed by atoms with Crippen LogP contribution in [-0.2, 0) is 0 Å². The molecule has 0 aromatic carbocycles. The third kappa shape index (κ3) is 3.77. The second kappa shape index (κ2) is 7.10. The summed E-state index contributed by atoms with van der Waals surface area (Å²) in [7, 11) is 0. The van der Waals surface area contributed by atoms with Crippen molar-refractivity contribution in [1.82, 2.24) is 15.0 Å². The molecule has 0 spiro atoms. The van der Waals surface area contributed by atoms with Gasteiger partial charge in [0.25, 0.3) is 11.8 Å². The molecule has 0 aliphatic rings. The predicted octanol–water partition coefficient (Wildman–Crippen LogP) is 2.38. The van der Waals surface area contributed by atoms with Crippen LogP contribution in [0.25, 0.3) is 0 Å². The van der Waals surface area contributed by atoms with Gasteiger partial charge in [-0.2, -0.15) is 0 Å². The maximum absolute atomic E-state index is 12.1. The number of hydrogen-bond donors (Lipinski definition) is 2. The van der Waals surface area contributed by atoms with Gasteiger partial charge in [-0.3, -0.25) is 24.5 Å². The molecule has 0 bridgehead atoms. The quantitative estimate of drug-likeness (QED) is 0.769. The number of nitrogens with one attached hydrogen (secondary N) is 2. The van der Waals surface area contributed by atoms with Crippen LogP contribution in [0.3, 0.4) is 0 Å². The number of amides is 2. The maximum atomic E-state index is 12.1. The van der Waals surface area contributed by atoms with E-state index in [9.17, 15) is 9.59 Å². The van der Waals surface area contributed by atoms with Crippen LogP contribution in [0.1, 0.15) is 20.8 Å². The van der Waals surface area contributed by atoms with Crippen LogP contribution in [0, 0.1) is 0 Å².